The second-order valence-electron chi connectivity index (χ2n) is 22.1. The van der Waals surface area contributed by atoms with Crippen LogP contribution in [0, 0.1) is 0 Å². The molecule has 11 heteroatoms. The van der Waals surface area contributed by atoms with E-state index in [1.807, 2.05) is 6.08 Å². The number of aliphatic hydroxyl groups excluding tert-OH is 5. The Bertz CT molecular complexity index is 1360. The van der Waals surface area contributed by atoms with Gasteiger partial charge in [0.1, 0.15) is 24.4 Å². The summed E-state index contributed by atoms with van der Waals surface area (Å²) in [4.78, 5) is 26.5. The fourth-order valence-electron chi connectivity index (χ4n) is 10.0. The summed E-state index contributed by atoms with van der Waals surface area (Å²) in [7, 11) is 0. The third-order valence-electron chi connectivity index (χ3n) is 15.1. The van der Waals surface area contributed by atoms with Crippen molar-refractivity contribution in [2.75, 3.05) is 13.2 Å². The van der Waals surface area contributed by atoms with E-state index in [9.17, 15) is 35.1 Å². The van der Waals surface area contributed by atoms with E-state index in [1.165, 1.54) is 167 Å². The minimum absolute atomic E-state index is 0.116. The molecule has 1 aliphatic rings. The molecule has 8 atom stereocenters. The molecule has 11 nitrogen and oxygen atoms in total. The van der Waals surface area contributed by atoms with Gasteiger partial charge in [0.15, 0.2) is 12.4 Å². The summed E-state index contributed by atoms with van der Waals surface area (Å²) in [5.41, 5.74) is 0. The zero-order chi connectivity index (χ0) is 54.7. The molecule has 0 bridgehead atoms. The van der Waals surface area contributed by atoms with E-state index >= 15 is 0 Å². The van der Waals surface area contributed by atoms with Crippen molar-refractivity contribution in [3.8, 4) is 0 Å². The molecule has 0 radical (unpaired) electrons. The van der Waals surface area contributed by atoms with Gasteiger partial charge in [-0.15, -0.1) is 0 Å². The van der Waals surface area contributed by atoms with Gasteiger partial charge in [0, 0.05) is 6.42 Å². The molecule has 75 heavy (non-hydrogen) atoms. The maximum Gasteiger partial charge on any atom is 0.306 e. The largest absolute Gasteiger partial charge is 0.454 e. The van der Waals surface area contributed by atoms with Gasteiger partial charge < -0.3 is 45.1 Å². The predicted molar refractivity (Wildman–Crippen MR) is 311 cm³/mol. The Balaban J connectivity index is 2.64. The molecule has 0 aromatic heterocycles. The van der Waals surface area contributed by atoms with Gasteiger partial charge in [-0.1, -0.05) is 276 Å². The number of ether oxygens (including phenoxy) is 3. The van der Waals surface area contributed by atoms with Gasteiger partial charge in [-0.25, -0.2) is 0 Å². The van der Waals surface area contributed by atoms with Crippen LogP contribution in [-0.2, 0) is 23.8 Å². The van der Waals surface area contributed by atoms with Gasteiger partial charge >= 0.3 is 5.97 Å². The average Bonchev–Trinajstić information content (AvgIpc) is 3.41. The summed E-state index contributed by atoms with van der Waals surface area (Å²) in [6, 6.07) is -1.02. The number of allylic oxidation sites excluding steroid dienone is 5. The molecule has 440 valence electrons. The summed E-state index contributed by atoms with van der Waals surface area (Å²) >= 11 is 0. The van der Waals surface area contributed by atoms with Crippen LogP contribution < -0.4 is 5.32 Å². The van der Waals surface area contributed by atoms with E-state index in [4.69, 9.17) is 14.2 Å². The van der Waals surface area contributed by atoms with Crippen molar-refractivity contribution in [2.45, 2.75) is 346 Å². The number of nitrogens with one attached hydrogen (secondary N) is 1. The van der Waals surface area contributed by atoms with Gasteiger partial charge in [0.2, 0.25) is 5.91 Å². The third-order valence-corrected chi connectivity index (χ3v) is 15.1. The number of unbranched alkanes of at least 4 members (excludes halogenated alkanes) is 36. The summed E-state index contributed by atoms with van der Waals surface area (Å²) < 4.78 is 17.6. The molecule has 1 amide bonds. The number of aliphatic hydroxyl groups is 5. The fraction of sp³-hybridized carbons (Fsp3) is 0.875. The van der Waals surface area contributed by atoms with Gasteiger partial charge in [-0.2, -0.15) is 0 Å². The normalized spacial score (nSPS) is 19.4. The first kappa shape index (κ1) is 70.9. The number of amides is 1. The number of rotatable bonds is 54. The van der Waals surface area contributed by atoms with Crippen LogP contribution in [0.1, 0.15) is 297 Å². The lowest BCUT2D eigenvalue weighted by atomic mass is 9.99. The summed E-state index contributed by atoms with van der Waals surface area (Å²) in [5, 5.41) is 57.0. The first-order chi connectivity index (χ1) is 36.7. The number of hydrogen-bond acceptors (Lipinski definition) is 10. The lowest BCUT2D eigenvalue weighted by Crippen LogP contribution is -2.61. The summed E-state index contributed by atoms with van der Waals surface area (Å²) in [5.74, 6) is -1.19. The highest BCUT2D eigenvalue weighted by Gasteiger charge is 2.47. The van der Waals surface area contributed by atoms with Crippen LogP contribution >= 0.6 is 0 Å². The van der Waals surface area contributed by atoms with E-state index in [1.54, 1.807) is 6.08 Å². The molecule has 1 heterocycles. The predicted octanol–water partition coefficient (Wildman–Crippen LogP) is 15.1. The lowest BCUT2D eigenvalue weighted by molar-refractivity contribution is -0.305. The SMILES string of the molecule is CC/C=C/C/C=C/CCCCCCCCCC(=O)OC1C(OCC(NC(=O)C(O)CCCCCCCCCCCCCCCCCCCCCC)C(O)/C=C/CCCCCCCCCCCC)OC(CO)C(O)C1O. The molecule has 1 fully saturated rings. The van der Waals surface area contributed by atoms with Crippen molar-refractivity contribution in [1.29, 1.82) is 0 Å². The average molecular weight is 1060 g/mol. The fourth-order valence-corrected chi connectivity index (χ4v) is 10.0. The highest BCUT2D eigenvalue weighted by atomic mass is 16.7. The molecule has 0 saturated carbocycles. The zero-order valence-electron chi connectivity index (χ0n) is 48.7. The standard InChI is InChI=1S/C64H119NO10/c1-4-7-10-13-16-19-22-25-27-28-29-30-31-32-33-36-39-42-45-48-51-57(68)63(72)65-55(56(67)50-47-44-41-38-35-24-21-18-15-12-9-6-3)54-73-64-62(61(71)60(70)58(53-66)74-64)75-59(69)52-49-46-43-40-37-34-26-23-20-17-14-11-8-5-2/h8,11,17,20,47,50,55-58,60-62,64,66-68,70-71H,4-7,9-10,12-16,18-19,21-46,48-49,51-54H2,1-3H3,(H,65,72)/b11-8+,20-17+,50-47+. The number of carbonyl (C=O) groups is 2. The topological polar surface area (TPSA) is 175 Å². The van der Waals surface area contributed by atoms with E-state index in [0.717, 1.165) is 83.5 Å². The van der Waals surface area contributed by atoms with Crippen LogP contribution in [0.2, 0.25) is 0 Å². The van der Waals surface area contributed by atoms with E-state index in [0.29, 0.717) is 19.3 Å². The van der Waals surface area contributed by atoms with Gasteiger partial charge in [0.05, 0.1) is 25.4 Å². The molecule has 0 spiro atoms. The second-order valence-corrected chi connectivity index (χ2v) is 22.1. The van der Waals surface area contributed by atoms with Crippen LogP contribution in [0.5, 0.6) is 0 Å². The van der Waals surface area contributed by atoms with E-state index in [-0.39, 0.29) is 13.0 Å². The first-order valence-electron chi connectivity index (χ1n) is 31.8. The van der Waals surface area contributed by atoms with E-state index in [2.05, 4.69) is 50.4 Å². The molecule has 1 aliphatic heterocycles. The minimum atomic E-state index is -1.61. The Kier molecular flexibility index (Phi) is 49.7. The minimum Gasteiger partial charge on any atom is -0.454 e. The number of carbonyl (C=O) groups excluding carboxylic acids is 2. The van der Waals surface area contributed by atoms with Crippen LogP contribution in [0.25, 0.3) is 0 Å². The maximum absolute atomic E-state index is 13.4. The molecular formula is C64H119NO10. The van der Waals surface area contributed by atoms with Crippen molar-refractivity contribution in [1.82, 2.24) is 5.32 Å². The first-order valence-corrected chi connectivity index (χ1v) is 31.8. The Morgan fingerprint density at radius 1 is 0.533 bits per heavy atom. The second kappa shape index (κ2) is 52.6. The number of esters is 1. The maximum atomic E-state index is 13.4. The molecule has 0 aromatic carbocycles. The Hall–Kier alpha value is -2.12. The van der Waals surface area contributed by atoms with Crippen molar-refractivity contribution >= 4 is 11.9 Å². The van der Waals surface area contributed by atoms with Crippen molar-refractivity contribution in [3.63, 3.8) is 0 Å². The van der Waals surface area contributed by atoms with E-state index < -0.39 is 67.4 Å². The van der Waals surface area contributed by atoms with Crippen LogP contribution in [0.4, 0.5) is 0 Å². The highest BCUT2D eigenvalue weighted by Crippen LogP contribution is 2.26. The zero-order valence-corrected chi connectivity index (χ0v) is 48.7. The Labute approximate surface area is 460 Å². The quantitative estimate of drug-likeness (QED) is 0.0195. The monoisotopic (exact) mass is 1060 g/mol. The van der Waals surface area contributed by atoms with Crippen LogP contribution in [0.3, 0.4) is 0 Å². The Morgan fingerprint density at radius 3 is 1.43 bits per heavy atom. The van der Waals surface area contributed by atoms with Crippen LogP contribution in [-0.4, -0.2) is 99.6 Å². The van der Waals surface area contributed by atoms with Gasteiger partial charge in [-0.3, -0.25) is 9.59 Å². The smallest absolute Gasteiger partial charge is 0.306 e. The Morgan fingerprint density at radius 2 is 0.960 bits per heavy atom. The summed E-state index contributed by atoms with van der Waals surface area (Å²) in [6.07, 6.45) is 51.9. The molecule has 0 aliphatic carbocycles. The molecule has 6 N–H and O–H groups in total. The van der Waals surface area contributed by atoms with Crippen molar-refractivity contribution < 1.29 is 49.3 Å². The van der Waals surface area contributed by atoms with Crippen molar-refractivity contribution in [3.05, 3.63) is 36.5 Å². The van der Waals surface area contributed by atoms with Gasteiger partial charge in [-0.05, 0) is 51.4 Å². The summed E-state index contributed by atoms with van der Waals surface area (Å²) in [6.45, 7) is 5.70. The third kappa shape index (κ3) is 40.7. The highest BCUT2D eigenvalue weighted by molar-refractivity contribution is 5.80. The van der Waals surface area contributed by atoms with Gasteiger partial charge in [0.25, 0.3) is 0 Å². The lowest BCUT2D eigenvalue weighted by Gasteiger charge is -2.41. The molecule has 1 rings (SSSR count). The van der Waals surface area contributed by atoms with Crippen LogP contribution in [0.15, 0.2) is 36.5 Å². The molecule has 8 unspecified atom stereocenters. The molecule has 1 saturated heterocycles. The molecular weight excluding hydrogens is 943 g/mol. The number of hydrogen-bond donors (Lipinski definition) is 6. The van der Waals surface area contributed by atoms with Crippen molar-refractivity contribution in [2.24, 2.45) is 0 Å². The molecule has 0 aromatic rings.